The van der Waals surface area contributed by atoms with E-state index in [1.54, 1.807) is 14.2 Å². The Kier molecular flexibility index (Phi) is 7.24. The molecule has 0 unspecified atom stereocenters. The van der Waals surface area contributed by atoms with Crippen molar-refractivity contribution in [3.63, 3.8) is 0 Å². The molecule has 4 rings (SSSR count). The molecular formula is C24H22O4. The second-order valence-corrected chi connectivity index (χ2v) is 5.92. The van der Waals surface area contributed by atoms with Crippen LogP contribution in [0.5, 0.6) is 11.5 Å². The Bertz CT molecular complexity index is 930. The maximum absolute atomic E-state index is 5.29. The van der Waals surface area contributed by atoms with Crippen LogP contribution in [0, 0.1) is 12.1 Å². The van der Waals surface area contributed by atoms with Crippen LogP contribution in [0.1, 0.15) is 0 Å². The standard InChI is InChI=1S/2C12H11O2/c2*1-13-9-14-12-7-6-10-4-2-3-5-11(10)8-12/h2*2-7H,9H2,1H3. The Labute approximate surface area is 165 Å². The van der Waals surface area contributed by atoms with Crippen molar-refractivity contribution >= 4 is 21.5 Å². The summed E-state index contributed by atoms with van der Waals surface area (Å²) in [6.45, 7) is 0.518. The van der Waals surface area contributed by atoms with E-state index in [1.807, 2.05) is 72.8 Å². The van der Waals surface area contributed by atoms with Crippen molar-refractivity contribution in [3.8, 4) is 11.5 Å². The maximum Gasteiger partial charge on any atom is 0.188 e. The van der Waals surface area contributed by atoms with Crippen molar-refractivity contribution in [2.24, 2.45) is 0 Å². The monoisotopic (exact) mass is 374 g/mol. The first-order valence-corrected chi connectivity index (χ1v) is 8.86. The molecule has 0 aliphatic carbocycles. The van der Waals surface area contributed by atoms with Crippen LogP contribution < -0.4 is 9.47 Å². The highest BCUT2D eigenvalue weighted by Gasteiger charge is 1.97. The lowest BCUT2D eigenvalue weighted by Gasteiger charge is -2.04. The zero-order chi connectivity index (χ0) is 19.6. The Balaban J connectivity index is 0.000000161. The van der Waals surface area contributed by atoms with Crippen LogP contribution in [0.2, 0.25) is 0 Å². The minimum absolute atomic E-state index is 0.259. The topological polar surface area (TPSA) is 36.9 Å². The van der Waals surface area contributed by atoms with Crippen LogP contribution in [0.15, 0.2) is 72.8 Å². The highest BCUT2D eigenvalue weighted by Crippen LogP contribution is 2.20. The summed E-state index contributed by atoms with van der Waals surface area (Å²) in [7, 11) is 3.20. The SMILES string of the molecule is COCOc1[c]c2ccccc2cc1.COCOc1[c]c2ccccc2cc1. The van der Waals surface area contributed by atoms with Gasteiger partial charge in [-0.1, -0.05) is 60.7 Å². The molecule has 0 spiro atoms. The molecule has 0 heterocycles. The summed E-state index contributed by atoms with van der Waals surface area (Å²) in [6.07, 6.45) is 0. The summed E-state index contributed by atoms with van der Waals surface area (Å²) in [6, 6.07) is 30.2. The summed E-state index contributed by atoms with van der Waals surface area (Å²) >= 11 is 0. The average Bonchev–Trinajstić information content (AvgIpc) is 2.76. The van der Waals surface area contributed by atoms with Crippen LogP contribution in [0.4, 0.5) is 0 Å². The third-order valence-electron chi connectivity index (χ3n) is 3.93. The zero-order valence-electron chi connectivity index (χ0n) is 16.0. The van der Waals surface area contributed by atoms with Gasteiger partial charge >= 0.3 is 0 Å². The van der Waals surface area contributed by atoms with Crippen molar-refractivity contribution < 1.29 is 18.9 Å². The van der Waals surface area contributed by atoms with Crippen molar-refractivity contribution in [2.45, 2.75) is 0 Å². The fourth-order valence-corrected chi connectivity index (χ4v) is 2.61. The van der Waals surface area contributed by atoms with Gasteiger partial charge < -0.3 is 18.9 Å². The summed E-state index contributed by atoms with van der Waals surface area (Å²) in [4.78, 5) is 0. The van der Waals surface area contributed by atoms with Gasteiger partial charge in [0.05, 0.1) is 0 Å². The van der Waals surface area contributed by atoms with Crippen molar-refractivity contribution in [2.75, 3.05) is 27.8 Å². The van der Waals surface area contributed by atoms with Gasteiger partial charge in [-0.25, -0.2) is 0 Å². The minimum Gasteiger partial charge on any atom is -0.467 e. The van der Waals surface area contributed by atoms with E-state index in [-0.39, 0.29) is 13.6 Å². The molecule has 0 amide bonds. The maximum atomic E-state index is 5.29. The van der Waals surface area contributed by atoms with E-state index in [2.05, 4.69) is 12.1 Å². The third kappa shape index (κ3) is 5.46. The highest BCUT2D eigenvalue weighted by molar-refractivity contribution is 5.83. The van der Waals surface area contributed by atoms with Gasteiger partial charge in [-0.15, -0.1) is 0 Å². The molecule has 4 nitrogen and oxygen atoms in total. The molecule has 0 aliphatic rings. The molecule has 2 radical (unpaired) electrons. The lowest BCUT2D eigenvalue weighted by molar-refractivity contribution is 0.0509. The highest BCUT2D eigenvalue weighted by atomic mass is 16.7. The molecule has 0 bridgehead atoms. The second-order valence-electron chi connectivity index (χ2n) is 5.92. The molecule has 4 aromatic rings. The van der Waals surface area contributed by atoms with E-state index in [4.69, 9.17) is 18.9 Å². The molecule has 0 fully saturated rings. The van der Waals surface area contributed by atoms with Crippen LogP contribution in [0.3, 0.4) is 0 Å². The smallest absolute Gasteiger partial charge is 0.188 e. The molecule has 4 aromatic carbocycles. The van der Waals surface area contributed by atoms with Gasteiger partial charge in [0.15, 0.2) is 13.6 Å². The van der Waals surface area contributed by atoms with Crippen molar-refractivity contribution in [3.05, 3.63) is 84.9 Å². The fraction of sp³-hybridized carbons (Fsp3) is 0.167. The number of rotatable bonds is 6. The van der Waals surface area contributed by atoms with Gasteiger partial charge in [-0.3, -0.25) is 0 Å². The fourth-order valence-electron chi connectivity index (χ4n) is 2.61. The summed E-state index contributed by atoms with van der Waals surface area (Å²) < 4.78 is 20.2. The molecule has 0 saturated heterocycles. The van der Waals surface area contributed by atoms with Gasteiger partial charge in [0.1, 0.15) is 11.5 Å². The van der Waals surface area contributed by atoms with Crippen molar-refractivity contribution in [1.82, 2.24) is 0 Å². The largest absolute Gasteiger partial charge is 0.467 e. The summed E-state index contributed by atoms with van der Waals surface area (Å²) in [5.41, 5.74) is 0. The number of hydrogen-bond donors (Lipinski definition) is 0. The van der Waals surface area contributed by atoms with E-state index in [1.165, 1.54) is 0 Å². The summed E-state index contributed by atoms with van der Waals surface area (Å²) in [5, 5.41) is 4.44. The van der Waals surface area contributed by atoms with Crippen LogP contribution in [-0.2, 0) is 9.47 Å². The number of benzene rings is 4. The molecule has 4 heteroatoms. The first kappa shape index (κ1) is 19.7. The quantitative estimate of drug-likeness (QED) is 0.432. The van der Waals surface area contributed by atoms with Crippen LogP contribution in [-0.4, -0.2) is 27.8 Å². The normalized spacial score (nSPS) is 10.4. The zero-order valence-corrected chi connectivity index (χ0v) is 16.0. The molecular weight excluding hydrogens is 352 g/mol. The number of fused-ring (bicyclic) bond motifs is 2. The molecule has 0 aromatic heterocycles. The lowest BCUT2D eigenvalue weighted by Crippen LogP contribution is -1.98. The first-order chi connectivity index (χ1) is 13.8. The van der Waals surface area contributed by atoms with Gasteiger partial charge in [0.2, 0.25) is 0 Å². The average molecular weight is 374 g/mol. The minimum atomic E-state index is 0.259. The predicted octanol–water partition coefficient (Wildman–Crippen LogP) is 5.25. The van der Waals surface area contributed by atoms with E-state index in [9.17, 15) is 0 Å². The Morgan fingerprint density at radius 3 is 1.43 bits per heavy atom. The Morgan fingerprint density at radius 1 is 0.571 bits per heavy atom. The molecule has 28 heavy (non-hydrogen) atoms. The van der Waals surface area contributed by atoms with Gasteiger partial charge in [-0.2, -0.15) is 0 Å². The van der Waals surface area contributed by atoms with E-state index >= 15 is 0 Å². The molecule has 0 atom stereocenters. The molecule has 0 aliphatic heterocycles. The second kappa shape index (κ2) is 10.3. The molecule has 0 saturated carbocycles. The van der Waals surface area contributed by atoms with Crippen molar-refractivity contribution in [1.29, 1.82) is 0 Å². The van der Waals surface area contributed by atoms with Crippen LogP contribution >= 0.6 is 0 Å². The number of hydrogen-bond acceptors (Lipinski definition) is 4. The van der Waals surface area contributed by atoms with Gasteiger partial charge in [0.25, 0.3) is 0 Å². The lowest BCUT2D eigenvalue weighted by atomic mass is 10.1. The Hall–Kier alpha value is -3.08. The third-order valence-corrected chi connectivity index (χ3v) is 3.93. The van der Waals surface area contributed by atoms with Gasteiger partial charge in [0, 0.05) is 26.4 Å². The van der Waals surface area contributed by atoms with E-state index < -0.39 is 0 Å². The molecule has 142 valence electrons. The number of ether oxygens (including phenoxy) is 4. The Morgan fingerprint density at radius 2 is 1.00 bits per heavy atom. The van der Waals surface area contributed by atoms with Gasteiger partial charge in [-0.05, 0) is 33.7 Å². The number of methoxy groups -OCH3 is 2. The molecule has 0 N–H and O–H groups in total. The summed E-state index contributed by atoms with van der Waals surface area (Å²) in [5.74, 6) is 1.43. The first-order valence-electron chi connectivity index (χ1n) is 8.86. The van der Waals surface area contributed by atoms with E-state index in [0.29, 0.717) is 11.5 Å². The predicted molar refractivity (Wildman–Crippen MR) is 111 cm³/mol. The van der Waals surface area contributed by atoms with Crippen LogP contribution in [0.25, 0.3) is 21.5 Å². The van der Waals surface area contributed by atoms with E-state index in [0.717, 1.165) is 21.5 Å².